The molecule has 1 amide bonds. The van der Waals surface area contributed by atoms with Crippen molar-refractivity contribution in [2.24, 2.45) is 11.7 Å². The molecule has 0 aliphatic heterocycles. The molecular weight excluding hydrogens is 228 g/mol. The molecule has 0 aromatic heterocycles. The second-order valence-electron chi connectivity index (χ2n) is 3.91. The Labute approximate surface area is 99.0 Å². The molecule has 98 valence electrons. The van der Waals surface area contributed by atoms with Crippen LogP contribution in [0.1, 0.15) is 26.7 Å². The quantitative estimate of drug-likeness (QED) is 0.474. The number of rotatable bonds is 7. The number of carbonyl (C=O) groups is 3. The molecular formula is C10H18N2O5. The molecule has 0 aromatic rings. The van der Waals surface area contributed by atoms with Gasteiger partial charge in [0, 0.05) is 0 Å². The van der Waals surface area contributed by atoms with Crippen LogP contribution >= 0.6 is 0 Å². The van der Waals surface area contributed by atoms with E-state index < -0.39 is 36.4 Å². The minimum atomic E-state index is -1.45. The minimum absolute atomic E-state index is 0.103. The van der Waals surface area contributed by atoms with Crippen LogP contribution in [0, 0.1) is 5.92 Å². The van der Waals surface area contributed by atoms with Gasteiger partial charge in [0.05, 0.1) is 12.5 Å². The third-order valence-electron chi connectivity index (χ3n) is 2.55. The number of nitrogens with one attached hydrogen (secondary N) is 1. The number of amides is 1. The summed E-state index contributed by atoms with van der Waals surface area (Å²) in [4.78, 5) is 32.7. The summed E-state index contributed by atoms with van der Waals surface area (Å²) in [5, 5.41) is 19.3. The number of hydrogen-bond donors (Lipinski definition) is 4. The van der Waals surface area contributed by atoms with Crippen LogP contribution in [0.2, 0.25) is 0 Å². The summed E-state index contributed by atoms with van der Waals surface area (Å²) >= 11 is 0. The molecule has 0 rings (SSSR count). The van der Waals surface area contributed by atoms with Gasteiger partial charge < -0.3 is 21.3 Å². The van der Waals surface area contributed by atoms with E-state index >= 15 is 0 Å². The summed E-state index contributed by atoms with van der Waals surface area (Å²) in [6, 6.07) is -2.29. The number of carbonyl (C=O) groups excluding carboxylic acids is 1. The number of aliphatic carboxylic acids is 2. The molecule has 0 saturated carbocycles. The third-order valence-corrected chi connectivity index (χ3v) is 2.55. The first kappa shape index (κ1) is 15.4. The molecule has 0 fully saturated rings. The number of carboxylic acids is 2. The minimum Gasteiger partial charge on any atom is -0.481 e. The highest BCUT2D eigenvalue weighted by Gasteiger charge is 2.27. The van der Waals surface area contributed by atoms with E-state index in [1.807, 2.05) is 6.92 Å². The van der Waals surface area contributed by atoms with Gasteiger partial charge in [-0.3, -0.25) is 9.59 Å². The fourth-order valence-corrected chi connectivity index (χ4v) is 1.15. The topological polar surface area (TPSA) is 130 Å². The normalized spacial score (nSPS) is 15.7. The van der Waals surface area contributed by atoms with Gasteiger partial charge in [0.2, 0.25) is 5.91 Å². The smallest absolute Gasteiger partial charge is 0.326 e. The first-order chi connectivity index (χ1) is 7.79. The van der Waals surface area contributed by atoms with Gasteiger partial charge in [-0.25, -0.2) is 4.79 Å². The Balaban J connectivity index is 4.50. The van der Waals surface area contributed by atoms with Crippen LogP contribution in [0.4, 0.5) is 0 Å². The first-order valence-electron chi connectivity index (χ1n) is 5.30. The molecule has 17 heavy (non-hydrogen) atoms. The van der Waals surface area contributed by atoms with Crippen LogP contribution in [0.3, 0.4) is 0 Å². The lowest BCUT2D eigenvalue weighted by molar-refractivity contribution is -0.147. The summed E-state index contributed by atoms with van der Waals surface area (Å²) < 4.78 is 0. The molecule has 1 unspecified atom stereocenters. The van der Waals surface area contributed by atoms with Crippen LogP contribution in [0.25, 0.3) is 0 Å². The summed E-state index contributed by atoms with van der Waals surface area (Å²) in [7, 11) is 0. The number of carboxylic acid groups (broad SMARTS) is 2. The summed E-state index contributed by atoms with van der Waals surface area (Å²) in [5.74, 6) is -3.44. The van der Waals surface area contributed by atoms with Crippen molar-refractivity contribution < 1.29 is 24.6 Å². The predicted octanol–water partition coefficient (Wildman–Crippen LogP) is -0.596. The van der Waals surface area contributed by atoms with E-state index in [1.54, 1.807) is 6.92 Å². The van der Waals surface area contributed by atoms with E-state index in [0.717, 1.165) is 0 Å². The van der Waals surface area contributed by atoms with Crippen molar-refractivity contribution >= 4 is 17.8 Å². The Morgan fingerprint density at radius 2 is 1.82 bits per heavy atom. The zero-order valence-electron chi connectivity index (χ0n) is 9.84. The zero-order valence-corrected chi connectivity index (χ0v) is 9.84. The molecule has 0 radical (unpaired) electrons. The summed E-state index contributed by atoms with van der Waals surface area (Å²) in [6.45, 7) is 3.61. The molecule has 0 aliphatic rings. The van der Waals surface area contributed by atoms with E-state index in [2.05, 4.69) is 5.32 Å². The van der Waals surface area contributed by atoms with Gasteiger partial charge in [0.15, 0.2) is 0 Å². The monoisotopic (exact) mass is 246 g/mol. The van der Waals surface area contributed by atoms with Crippen LogP contribution in [0.15, 0.2) is 0 Å². The Morgan fingerprint density at radius 3 is 2.18 bits per heavy atom. The highest BCUT2D eigenvalue weighted by Crippen LogP contribution is 2.06. The average Bonchev–Trinajstić information content (AvgIpc) is 2.25. The molecule has 7 heteroatoms. The van der Waals surface area contributed by atoms with E-state index in [4.69, 9.17) is 15.9 Å². The van der Waals surface area contributed by atoms with Gasteiger partial charge in [-0.1, -0.05) is 20.3 Å². The molecule has 0 heterocycles. The highest BCUT2D eigenvalue weighted by molar-refractivity contribution is 5.89. The van der Waals surface area contributed by atoms with Crippen LogP contribution < -0.4 is 11.1 Å². The van der Waals surface area contributed by atoms with Crippen molar-refractivity contribution in [3.05, 3.63) is 0 Å². The van der Waals surface area contributed by atoms with Gasteiger partial charge in [0.25, 0.3) is 0 Å². The Hall–Kier alpha value is -1.63. The summed E-state index contributed by atoms with van der Waals surface area (Å²) in [5.41, 5.74) is 5.60. The lowest BCUT2D eigenvalue weighted by Crippen LogP contribution is -2.51. The van der Waals surface area contributed by atoms with Crippen molar-refractivity contribution in [2.75, 3.05) is 0 Å². The average molecular weight is 246 g/mol. The van der Waals surface area contributed by atoms with Gasteiger partial charge in [-0.05, 0) is 5.92 Å². The van der Waals surface area contributed by atoms with Gasteiger partial charge in [-0.15, -0.1) is 0 Å². The molecule has 7 nitrogen and oxygen atoms in total. The molecule has 5 N–H and O–H groups in total. The highest BCUT2D eigenvalue weighted by atomic mass is 16.4. The van der Waals surface area contributed by atoms with E-state index in [1.165, 1.54) is 0 Å². The zero-order chi connectivity index (χ0) is 13.6. The van der Waals surface area contributed by atoms with Crippen LogP contribution in [0.5, 0.6) is 0 Å². The molecule has 0 aromatic carbocycles. The van der Waals surface area contributed by atoms with Crippen molar-refractivity contribution in [1.29, 1.82) is 0 Å². The van der Waals surface area contributed by atoms with Crippen molar-refractivity contribution in [1.82, 2.24) is 5.32 Å². The molecule has 0 bridgehead atoms. The maximum absolute atomic E-state index is 11.5. The van der Waals surface area contributed by atoms with E-state index in [0.29, 0.717) is 6.42 Å². The van der Waals surface area contributed by atoms with Crippen molar-refractivity contribution in [2.45, 2.75) is 38.8 Å². The van der Waals surface area contributed by atoms with Crippen molar-refractivity contribution in [3.8, 4) is 0 Å². The van der Waals surface area contributed by atoms with E-state index in [9.17, 15) is 14.4 Å². The molecule has 3 atom stereocenters. The Morgan fingerprint density at radius 1 is 1.29 bits per heavy atom. The standard InChI is InChI=1S/C10H18N2O5/c1-3-5(2)8(11)9(15)12-6(10(16)17)4-7(13)14/h5-6,8H,3-4,11H2,1-2H3,(H,12,15)(H,13,14)(H,16,17)/t5-,6?,8-/m0/s1. The lowest BCUT2D eigenvalue weighted by Gasteiger charge is -2.20. The third kappa shape index (κ3) is 5.30. The largest absolute Gasteiger partial charge is 0.481 e. The fraction of sp³-hybridized carbons (Fsp3) is 0.700. The van der Waals surface area contributed by atoms with Gasteiger partial charge in [0.1, 0.15) is 6.04 Å². The SMILES string of the molecule is CC[C@H](C)[C@H](N)C(=O)NC(CC(=O)O)C(=O)O. The first-order valence-corrected chi connectivity index (χ1v) is 5.30. The predicted molar refractivity (Wildman–Crippen MR) is 59.2 cm³/mol. The van der Waals surface area contributed by atoms with Crippen LogP contribution in [-0.2, 0) is 14.4 Å². The fourth-order valence-electron chi connectivity index (χ4n) is 1.15. The molecule has 0 aliphatic carbocycles. The number of hydrogen-bond acceptors (Lipinski definition) is 4. The summed E-state index contributed by atoms with van der Waals surface area (Å²) in [6.07, 6.45) is -0.000442. The Bertz CT molecular complexity index is 305. The maximum Gasteiger partial charge on any atom is 0.326 e. The van der Waals surface area contributed by atoms with Crippen molar-refractivity contribution in [3.63, 3.8) is 0 Å². The second kappa shape index (κ2) is 6.85. The molecule has 0 saturated heterocycles. The van der Waals surface area contributed by atoms with Gasteiger partial charge >= 0.3 is 11.9 Å². The van der Waals surface area contributed by atoms with E-state index in [-0.39, 0.29) is 5.92 Å². The van der Waals surface area contributed by atoms with Gasteiger partial charge in [-0.2, -0.15) is 0 Å². The lowest BCUT2D eigenvalue weighted by atomic mass is 9.99. The molecule has 0 spiro atoms. The number of nitrogens with two attached hydrogens (primary N) is 1. The Kier molecular flexibility index (Phi) is 6.19. The van der Waals surface area contributed by atoms with Crippen LogP contribution in [-0.4, -0.2) is 40.1 Å². The second-order valence-corrected chi connectivity index (χ2v) is 3.91. The maximum atomic E-state index is 11.5.